The van der Waals surface area contributed by atoms with Gasteiger partial charge in [0.15, 0.2) is 0 Å². The third kappa shape index (κ3) is 2.33. The third-order valence-electron chi connectivity index (χ3n) is 1.97. The number of hydrogen-bond donors (Lipinski definition) is 1. The fourth-order valence-corrected chi connectivity index (χ4v) is 1.50. The molecule has 0 aromatic carbocycles. The lowest BCUT2D eigenvalue weighted by molar-refractivity contribution is -0.124. The molecule has 0 spiro atoms. The molecule has 0 bridgehead atoms. The van der Waals surface area contributed by atoms with Gasteiger partial charge in [0.1, 0.15) is 6.29 Å². The van der Waals surface area contributed by atoms with Crippen LogP contribution in [-0.2, 0) is 9.59 Å². The number of amides is 1. The number of nitrogens with one attached hydrogen (secondary N) is 1. The summed E-state index contributed by atoms with van der Waals surface area (Å²) in [5, 5.41) is 2.78. The van der Waals surface area contributed by atoms with Gasteiger partial charge in [-0.3, -0.25) is 4.79 Å². The monoisotopic (exact) mass is 155 g/mol. The summed E-state index contributed by atoms with van der Waals surface area (Å²) in [5.41, 5.74) is 0. The summed E-state index contributed by atoms with van der Waals surface area (Å²) in [6.45, 7) is 2.04. The first-order valence-electron chi connectivity index (χ1n) is 3.95. The minimum atomic E-state index is 0.0793. The molecule has 1 saturated heterocycles. The maximum absolute atomic E-state index is 10.9. The zero-order chi connectivity index (χ0) is 8.27. The van der Waals surface area contributed by atoms with Crippen molar-refractivity contribution in [3.8, 4) is 0 Å². The lowest BCUT2D eigenvalue weighted by atomic mass is 9.92. The summed E-state index contributed by atoms with van der Waals surface area (Å²) >= 11 is 0. The lowest BCUT2D eigenvalue weighted by Gasteiger charge is -2.26. The van der Waals surface area contributed by atoms with E-state index in [1.54, 1.807) is 0 Å². The number of piperidine rings is 1. The molecular weight excluding hydrogens is 142 g/mol. The van der Waals surface area contributed by atoms with Crippen LogP contribution in [0, 0.1) is 5.92 Å². The van der Waals surface area contributed by atoms with Gasteiger partial charge >= 0.3 is 0 Å². The predicted molar refractivity (Wildman–Crippen MR) is 41.0 cm³/mol. The molecule has 2 unspecified atom stereocenters. The van der Waals surface area contributed by atoms with Gasteiger partial charge in [0.25, 0.3) is 0 Å². The Kier molecular flexibility index (Phi) is 2.63. The van der Waals surface area contributed by atoms with Crippen LogP contribution in [0.25, 0.3) is 0 Å². The number of rotatable bonds is 2. The van der Waals surface area contributed by atoms with E-state index in [1.807, 2.05) is 6.92 Å². The smallest absolute Gasteiger partial charge is 0.220 e. The summed E-state index contributed by atoms with van der Waals surface area (Å²) in [6.07, 6.45) is 2.86. The Hall–Kier alpha value is -0.860. The fourth-order valence-electron chi connectivity index (χ4n) is 1.50. The maximum atomic E-state index is 10.9. The molecule has 2 atom stereocenters. The van der Waals surface area contributed by atoms with E-state index in [4.69, 9.17) is 0 Å². The topological polar surface area (TPSA) is 46.2 Å². The highest BCUT2D eigenvalue weighted by molar-refractivity contribution is 5.77. The van der Waals surface area contributed by atoms with E-state index in [-0.39, 0.29) is 11.9 Å². The van der Waals surface area contributed by atoms with E-state index in [2.05, 4.69) is 5.32 Å². The van der Waals surface area contributed by atoms with Crippen LogP contribution in [0.3, 0.4) is 0 Å². The summed E-state index contributed by atoms with van der Waals surface area (Å²) in [6, 6.07) is 0.0868. The van der Waals surface area contributed by atoms with Crippen molar-refractivity contribution in [3.05, 3.63) is 0 Å². The number of aldehydes is 1. The van der Waals surface area contributed by atoms with Crippen LogP contribution < -0.4 is 5.32 Å². The Morgan fingerprint density at radius 3 is 3.00 bits per heavy atom. The van der Waals surface area contributed by atoms with Gasteiger partial charge in [-0.05, 0) is 12.3 Å². The van der Waals surface area contributed by atoms with Gasteiger partial charge in [0, 0.05) is 18.9 Å². The molecule has 1 amide bonds. The Morgan fingerprint density at radius 1 is 1.73 bits per heavy atom. The first-order valence-corrected chi connectivity index (χ1v) is 3.95. The van der Waals surface area contributed by atoms with Gasteiger partial charge in [-0.2, -0.15) is 0 Å². The van der Waals surface area contributed by atoms with Gasteiger partial charge in [-0.25, -0.2) is 0 Å². The normalized spacial score (nSPS) is 31.2. The fraction of sp³-hybridized carbons (Fsp3) is 0.750. The van der Waals surface area contributed by atoms with Crippen LogP contribution in [0.1, 0.15) is 26.2 Å². The maximum Gasteiger partial charge on any atom is 0.220 e. The molecule has 11 heavy (non-hydrogen) atoms. The Morgan fingerprint density at radius 2 is 2.45 bits per heavy atom. The molecule has 62 valence electrons. The zero-order valence-electron chi connectivity index (χ0n) is 6.67. The molecule has 0 aliphatic carbocycles. The van der Waals surface area contributed by atoms with Gasteiger partial charge in [-0.15, -0.1) is 0 Å². The molecule has 0 radical (unpaired) electrons. The van der Waals surface area contributed by atoms with E-state index < -0.39 is 0 Å². The van der Waals surface area contributed by atoms with Crippen molar-refractivity contribution in [2.45, 2.75) is 32.2 Å². The van der Waals surface area contributed by atoms with E-state index in [0.717, 1.165) is 12.7 Å². The van der Waals surface area contributed by atoms with Crippen molar-refractivity contribution in [3.63, 3.8) is 0 Å². The molecule has 1 heterocycles. The van der Waals surface area contributed by atoms with E-state index in [1.165, 1.54) is 0 Å². The van der Waals surface area contributed by atoms with Gasteiger partial charge in [-0.1, -0.05) is 6.92 Å². The van der Waals surface area contributed by atoms with Crippen molar-refractivity contribution < 1.29 is 9.59 Å². The molecule has 1 fully saturated rings. The zero-order valence-corrected chi connectivity index (χ0v) is 6.67. The van der Waals surface area contributed by atoms with Crippen LogP contribution in [0.4, 0.5) is 0 Å². The van der Waals surface area contributed by atoms with Crippen molar-refractivity contribution in [1.82, 2.24) is 5.32 Å². The van der Waals surface area contributed by atoms with Crippen molar-refractivity contribution >= 4 is 12.2 Å². The minimum Gasteiger partial charge on any atom is -0.353 e. The van der Waals surface area contributed by atoms with Crippen LogP contribution in [0.15, 0.2) is 0 Å². The van der Waals surface area contributed by atoms with Gasteiger partial charge in [0.05, 0.1) is 0 Å². The third-order valence-corrected chi connectivity index (χ3v) is 1.97. The highest BCUT2D eigenvalue weighted by Gasteiger charge is 2.22. The lowest BCUT2D eigenvalue weighted by Crippen LogP contribution is -2.41. The molecule has 1 N–H and O–H groups in total. The van der Waals surface area contributed by atoms with Gasteiger partial charge < -0.3 is 10.1 Å². The standard InChI is InChI=1S/C8H13NO2/c1-6-4-7(2-3-10)9-8(11)5-6/h3,6-7H,2,4-5H2,1H3,(H,9,11). The van der Waals surface area contributed by atoms with Crippen molar-refractivity contribution in [2.24, 2.45) is 5.92 Å². The second kappa shape index (κ2) is 3.51. The van der Waals surface area contributed by atoms with Crippen molar-refractivity contribution in [2.75, 3.05) is 0 Å². The van der Waals surface area contributed by atoms with Crippen molar-refractivity contribution in [1.29, 1.82) is 0 Å². The second-order valence-corrected chi connectivity index (χ2v) is 3.21. The first kappa shape index (κ1) is 8.24. The van der Waals surface area contributed by atoms with E-state index >= 15 is 0 Å². The number of carbonyl (C=O) groups is 2. The SMILES string of the molecule is CC1CC(=O)NC(CC=O)C1. The summed E-state index contributed by atoms with van der Waals surface area (Å²) in [7, 11) is 0. The number of carbonyl (C=O) groups excluding carboxylic acids is 2. The molecule has 1 aliphatic rings. The quantitative estimate of drug-likeness (QED) is 0.590. The predicted octanol–water partition coefficient (Wildman–Crippen LogP) is 0.490. The summed E-state index contributed by atoms with van der Waals surface area (Å²) < 4.78 is 0. The van der Waals surface area contributed by atoms with Crippen LogP contribution >= 0.6 is 0 Å². The minimum absolute atomic E-state index is 0.0793. The summed E-state index contributed by atoms with van der Waals surface area (Å²) in [4.78, 5) is 21.1. The molecule has 0 saturated carbocycles. The van der Waals surface area contributed by atoms with E-state index in [9.17, 15) is 9.59 Å². The molecule has 3 heteroatoms. The second-order valence-electron chi connectivity index (χ2n) is 3.21. The van der Waals surface area contributed by atoms with Crippen LogP contribution in [0.2, 0.25) is 0 Å². The Balaban J connectivity index is 2.42. The van der Waals surface area contributed by atoms with Crippen LogP contribution in [0.5, 0.6) is 0 Å². The Labute approximate surface area is 66.2 Å². The molecular formula is C8H13NO2. The average molecular weight is 155 g/mol. The summed E-state index contributed by atoms with van der Waals surface area (Å²) in [5.74, 6) is 0.504. The first-order chi connectivity index (χ1) is 5.22. The number of hydrogen-bond acceptors (Lipinski definition) is 2. The molecule has 1 rings (SSSR count). The van der Waals surface area contributed by atoms with Gasteiger partial charge in [0.2, 0.25) is 5.91 Å². The van der Waals surface area contributed by atoms with Crippen LogP contribution in [-0.4, -0.2) is 18.2 Å². The molecule has 3 nitrogen and oxygen atoms in total. The van der Waals surface area contributed by atoms with E-state index in [0.29, 0.717) is 18.8 Å². The highest BCUT2D eigenvalue weighted by atomic mass is 16.1. The average Bonchev–Trinajstić information content (AvgIpc) is 1.85. The Bertz CT molecular complexity index is 167. The largest absolute Gasteiger partial charge is 0.353 e. The molecule has 0 aromatic rings. The molecule has 0 aromatic heterocycles. The molecule has 1 aliphatic heterocycles. The highest BCUT2D eigenvalue weighted by Crippen LogP contribution is 2.16.